The highest BCUT2D eigenvalue weighted by Gasteiger charge is 2.14. The first kappa shape index (κ1) is 21.4. The Labute approximate surface area is 171 Å². The third-order valence-corrected chi connectivity index (χ3v) is 4.45. The molecule has 0 atom stereocenters. The van der Waals surface area contributed by atoms with E-state index in [0.29, 0.717) is 16.0 Å². The fourth-order valence-electron chi connectivity index (χ4n) is 2.37. The van der Waals surface area contributed by atoms with Gasteiger partial charge >= 0.3 is 5.97 Å². The molecule has 6 nitrogen and oxygen atoms in total. The second-order valence-electron chi connectivity index (χ2n) is 6.21. The zero-order valence-electron chi connectivity index (χ0n) is 15.7. The Morgan fingerprint density at radius 3 is 2.39 bits per heavy atom. The van der Waals surface area contributed by atoms with E-state index in [-0.39, 0.29) is 11.5 Å². The quantitative estimate of drug-likeness (QED) is 0.186. The van der Waals surface area contributed by atoms with Crippen LogP contribution in [-0.2, 0) is 4.79 Å². The first-order valence-electron chi connectivity index (χ1n) is 8.49. The Kier molecular flexibility index (Phi) is 7.52. The Morgan fingerprint density at radius 1 is 1.14 bits per heavy atom. The Balaban J connectivity index is 2.15. The molecule has 2 rings (SSSR count). The zero-order valence-corrected chi connectivity index (χ0v) is 17.3. The smallest absolute Gasteiger partial charge is 0.336 e. The molecule has 0 spiro atoms. The SMILES string of the molecule is COc1cc(/C=C/[N+](=O)[O-])cc(Br)c1OC(=O)/C=C/c1ccc(C(C)C)cc1. The van der Waals surface area contributed by atoms with Gasteiger partial charge in [0, 0.05) is 12.2 Å². The van der Waals surface area contributed by atoms with Gasteiger partial charge in [0.2, 0.25) is 6.20 Å². The third-order valence-electron chi connectivity index (χ3n) is 3.86. The Bertz CT molecular complexity index is 917. The number of hydrogen-bond acceptors (Lipinski definition) is 5. The molecule has 0 bridgehead atoms. The topological polar surface area (TPSA) is 78.7 Å². The summed E-state index contributed by atoms with van der Waals surface area (Å²) in [7, 11) is 1.42. The van der Waals surface area contributed by atoms with Crippen molar-refractivity contribution in [2.45, 2.75) is 19.8 Å². The molecule has 0 radical (unpaired) electrons. The van der Waals surface area contributed by atoms with Gasteiger partial charge in [-0.25, -0.2) is 4.79 Å². The maximum atomic E-state index is 12.2. The van der Waals surface area contributed by atoms with Crippen LogP contribution in [0.15, 0.2) is 53.1 Å². The van der Waals surface area contributed by atoms with Crippen LogP contribution in [0, 0.1) is 10.1 Å². The van der Waals surface area contributed by atoms with Crippen molar-refractivity contribution in [1.82, 2.24) is 0 Å². The standard InChI is InChI=1S/C21H20BrNO5/c1-14(2)17-7-4-15(5-8-17)6-9-20(24)28-21-18(22)12-16(10-11-23(25)26)13-19(21)27-3/h4-14H,1-3H3/b9-6+,11-10+. The highest BCUT2D eigenvalue weighted by atomic mass is 79.9. The molecule has 0 saturated heterocycles. The number of nitro groups is 1. The maximum absolute atomic E-state index is 12.2. The average Bonchev–Trinajstić information content (AvgIpc) is 2.66. The summed E-state index contributed by atoms with van der Waals surface area (Å²) in [6, 6.07) is 11.1. The zero-order chi connectivity index (χ0) is 20.7. The first-order valence-corrected chi connectivity index (χ1v) is 9.28. The highest BCUT2D eigenvalue weighted by molar-refractivity contribution is 9.10. The minimum Gasteiger partial charge on any atom is -0.493 e. The predicted molar refractivity (Wildman–Crippen MR) is 112 cm³/mol. The summed E-state index contributed by atoms with van der Waals surface area (Å²) >= 11 is 3.31. The van der Waals surface area contributed by atoms with E-state index in [2.05, 4.69) is 29.8 Å². The summed E-state index contributed by atoms with van der Waals surface area (Å²) in [6.07, 6.45) is 5.14. The molecule has 0 fully saturated rings. The van der Waals surface area contributed by atoms with Crippen molar-refractivity contribution in [3.05, 3.63) is 80.0 Å². The molecule has 0 aliphatic rings. The molecule has 0 aromatic heterocycles. The number of benzene rings is 2. The summed E-state index contributed by atoms with van der Waals surface area (Å²) in [4.78, 5) is 22.1. The number of carbonyl (C=O) groups is 1. The van der Waals surface area contributed by atoms with Gasteiger partial charge in [-0.3, -0.25) is 10.1 Å². The van der Waals surface area contributed by atoms with Crippen LogP contribution >= 0.6 is 15.9 Å². The Morgan fingerprint density at radius 2 is 1.82 bits per heavy atom. The number of ether oxygens (including phenoxy) is 2. The van der Waals surface area contributed by atoms with Gasteiger partial charge in [-0.15, -0.1) is 0 Å². The van der Waals surface area contributed by atoms with Gasteiger partial charge in [-0.2, -0.15) is 0 Å². The molecular formula is C21H20BrNO5. The minimum absolute atomic E-state index is 0.200. The summed E-state index contributed by atoms with van der Waals surface area (Å²) < 4.78 is 11.1. The van der Waals surface area contributed by atoms with Crippen molar-refractivity contribution in [3.63, 3.8) is 0 Å². The van der Waals surface area contributed by atoms with Gasteiger partial charge < -0.3 is 9.47 Å². The monoisotopic (exact) mass is 445 g/mol. The molecule has 146 valence electrons. The van der Waals surface area contributed by atoms with Crippen LogP contribution in [0.4, 0.5) is 0 Å². The molecule has 7 heteroatoms. The highest BCUT2D eigenvalue weighted by Crippen LogP contribution is 2.37. The number of halogens is 1. The summed E-state index contributed by atoms with van der Waals surface area (Å²) in [5, 5.41) is 10.5. The van der Waals surface area contributed by atoms with E-state index in [1.54, 1.807) is 18.2 Å². The third kappa shape index (κ3) is 6.06. The summed E-state index contributed by atoms with van der Waals surface area (Å²) in [5.74, 6) is 0.350. The van der Waals surface area contributed by atoms with Crippen LogP contribution in [0.25, 0.3) is 12.2 Å². The van der Waals surface area contributed by atoms with Crippen molar-refractivity contribution in [2.24, 2.45) is 0 Å². The normalized spacial score (nSPS) is 11.3. The van der Waals surface area contributed by atoms with Crippen molar-refractivity contribution >= 4 is 34.1 Å². The first-order chi connectivity index (χ1) is 13.3. The van der Waals surface area contributed by atoms with Gasteiger partial charge in [-0.05, 0) is 56.7 Å². The van der Waals surface area contributed by atoms with E-state index in [9.17, 15) is 14.9 Å². The lowest BCUT2D eigenvalue weighted by Crippen LogP contribution is -2.06. The van der Waals surface area contributed by atoms with Crippen molar-refractivity contribution in [1.29, 1.82) is 0 Å². The number of hydrogen-bond donors (Lipinski definition) is 0. The molecule has 28 heavy (non-hydrogen) atoms. The largest absolute Gasteiger partial charge is 0.493 e. The van der Waals surface area contributed by atoms with Crippen LogP contribution in [0.1, 0.15) is 36.5 Å². The van der Waals surface area contributed by atoms with Gasteiger partial charge in [0.05, 0.1) is 16.5 Å². The molecule has 0 aliphatic carbocycles. The number of methoxy groups -OCH3 is 1. The Hall–Kier alpha value is -2.93. The van der Waals surface area contributed by atoms with Crippen LogP contribution in [0.3, 0.4) is 0 Å². The van der Waals surface area contributed by atoms with E-state index in [1.807, 2.05) is 24.3 Å². The molecule has 0 aliphatic heterocycles. The second-order valence-corrected chi connectivity index (χ2v) is 7.07. The van der Waals surface area contributed by atoms with Gasteiger partial charge in [0.15, 0.2) is 11.5 Å². The fourth-order valence-corrected chi connectivity index (χ4v) is 2.91. The number of nitrogens with zero attached hydrogens (tertiary/aromatic N) is 1. The minimum atomic E-state index is -0.569. The summed E-state index contributed by atoms with van der Waals surface area (Å²) in [6.45, 7) is 4.23. The van der Waals surface area contributed by atoms with E-state index >= 15 is 0 Å². The van der Waals surface area contributed by atoms with Crippen molar-refractivity contribution in [3.8, 4) is 11.5 Å². The van der Waals surface area contributed by atoms with E-state index in [4.69, 9.17) is 9.47 Å². The van der Waals surface area contributed by atoms with Crippen molar-refractivity contribution < 1.29 is 19.2 Å². The lowest BCUT2D eigenvalue weighted by Gasteiger charge is -2.11. The number of esters is 1. The van der Waals surface area contributed by atoms with Gasteiger partial charge in [0.1, 0.15) is 0 Å². The molecule has 0 amide bonds. The van der Waals surface area contributed by atoms with Crippen LogP contribution in [0.5, 0.6) is 11.5 Å². The summed E-state index contributed by atoms with van der Waals surface area (Å²) in [5.41, 5.74) is 2.63. The average molecular weight is 446 g/mol. The van der Waals surface area contributed by atoms with Crippen LogP contribution in [0.2, 0.25) is 0 Å². The van der Waals surface area contributed by atoms with Gasteiger partial charge in [-0.1, -0.05) is 38.1 Å². The van der Waals surface area contributed by atoms with E-state index < -0.39 is 10.9 Å². The number of carbonyl (C=O) groups excluding carboxylic acids is 1. The lowest BCUT2D eigenvalue weighted by atomic mass is 10.0. The molecule has 0 heterocycles. The number of rotatable bonds is 7. The maximum Gasteiger partial charge on any atom is 0.336 e. The molecule has 2 aromatic rings. The van der Waals surface area contributed by atoms with Crippen LogP contribution < -0.4 is 9.47 Å². The molecule has 2 aromatic carbocycles. The second kappa shape index (κ2) is 9.85. The van der Waals surface area contributed by atoms with Crippen LogP contribution in [-0.4, -0.2) is 18.0 Å². The fraction of sp³-hybridized carbons (Fsp3) is 0.190. The molecule has 0 N–H and O–H groups in total. The van der Waals surface area contributed by atoms with Gasteiger partial charge in [0.25, 0.3) is 0 Å². The molecule has 0 saturated carbocycles. The molecule has 0 unspecified atom stereocenters. The molecular weight excluding hydrogens is 426 g/mol. The van der Waals surface area contributed by atoms with Crippen molar-refractivity contribution in [2.75, 3.05) is 7.11 Å². The van der Waals surface area contributed by atoms with E-state index in [0.717, 1.165) is 11.8 Å². The lowest BCUT2D eigenvalue weighted by molar-refractivity contribution is -0.400. The predicted octanol–water partition coefficient (Wildman–Crippen LogP) is 5.45. The van der Waals surface area contributed by atoms with E-state index in [1.165, 1.54) is 24.8 Å².